The largest absolute Gasteiger partial charge is 1.00 e. The van der Waals surface area contributed by atoms with Crippen LogP contribution in [0, 0.1) is 0 Å². The molecular formula is C26H39NaO3S. The van der Waals surface area contributed by atoms with Crippen molar-refractivity contribution in [1.82, 2.24) is 0 Å². The monoisotopic (exact) mass is 454 g/mol. The summed E-state index contributed by atoms with van der Waals surface area (Å²) in [7, 11) is -4.50. The SMILES string of the molecule is CCCCCCCCc1ccc(S(=O)(=O)[O-])c2c(CCCCCCCC)cccc12.[Na+]. The number of rotatable bonds is 15. The second-order valence-electron chi connectivity index (χ2n) is 8.55. The minimum absolute atomic E-state index is 0. The summed E-state index contributed by atoms with van der Waals surface area (Å²) in [5, 5.41) is 1.62. The number of fused-ring (bicyclic) bond motifs is 1. The zero-order valence-electron chi connectivity index (χ0n) is 19.9. The molecule has 0 aliphatic carbocycles. The minimum Gasteiger partial charge on any atom is -0.744 e. The first kappa shape index (κ1) is 28.6. The molecule has 0 saturated heterocycles. The molecule has 0 heterocycles. The predicted octanol–water partition coefficient (Wildman–Crippen LogP) is 4.55. The summed E-state index contributed by atoms with van der Waals surface area (Å²) in [4.78, 5) is -0.0502. The van der Waals surface area contributed by atoms with Crippen LogP contribution in [-0.2, 0) is 23.0 Å². The normalized spacial score (nSPS) is 11.6. The number of hydrogen-bond acceptors (Lipinski definition) is 3. The third kappa shape index (κ3) is 9.55. The molecular weight excluding hydrogens is 415 g/mol. The van der Waals surface area contributed by atoms with E-state index < -0.39 is 10.1 Å². The molecule has 5 heteroatoms. The van der Waals surface area contributed by atoms with E-state index in [2.05, 4.69) is 13.8 Å². The van der Waals surface area contributed by atoms with Gasteiger partial charge in [0.2, 0.25) is 0 Å². The van der Waals surface area contributed by atoms with E-state index in [1.165, 1.54) is 57.8 Å². The van der Waals surface area contributed by atoms with Gasteiger partial charge in [-0.25, -0.2) is 8.42 Å². The van der Waals surface area contributed by atoms with Crippen molar-refractivity contribution in [3.8, 4) is 0 Å². The maximum absolute atomic E-state index is 12.0. The number of aryl methyl sites for hydroxylation is 2. The molecule has 0 saturated carbocycles. The van der Waals surface area contributed by atoms with Gasteiger partial charge in [0.1, 0.15) is 10.1 Å². The van der Waals surface area contributed by atoms with E-state index in [1.54, 1.807) is 6.07 Å². The van der Waals surface area contributed by atoms with Gasteiger partial charge in [0.25, 0.3) is 0 Å². The molecule has 0 bridgehead atoms. The zero-order valence-corrected chi connectivity index (χ0v) is 22.7. The molecule has 0 unspecified atom stereocenters. The molecule has 0 aliphatic heterocycles. The van der Waals surface area contributed by atoms with Crippen LogP contribution in [0.25, 0.3) is 10.8 Å². The average Bonchev–Trinajstić information content (AvgIpc) is 2.72. The third-order valence-corrected chi connectivity index (χ3v) is 6.93. The molecule has 31 heavy (non-hydrogen) atoms. The smallest absolute Gasteiger partial charge is 0.744 e. The van der Waals surface area contributed by atoms with Crippen molar-refractivity contribution in [3.05, 3.63) is 41.5 Å². The molecule has 168 valence electrons. The molecule has 2 aromatic rings. The van der Waals surface area contributed by atoms with Gasteiger partial charge >= 0.3 is 29.6 Å². The van der Waals surface area contributed by atoms with E-state index >= 15 is 0 Å². The van der Waals surface area contributed by atoms with Crippen molar-refractivity contribution in [2.45, 2.75) is 109 Å². The van der Waals surface area contributed by atoms with Crippen LogP contribution in [0.3, 0.4) is 0 Å². The van der Waals surface area contributed by atoms with E-state index in [4.69, 9.17) is 0 Å². The molecule has 2 rings (SSSR count). The van der Waals surface area contributed by atoms with Crippen LogP contribution < -0.4 is 29.6 Å². The van der Waals surface area contributed by atoms with Crippen molar-refractivity contribution < 1.29 is 42.5 Å². The molecule has 0 amide bonds. The summed E-state index contributed by atoms with van der Waals surface area (Å²) < 4.78 is 35.9. The van der Waals surface area contributed by atoms with Crippen LogP contribution >= 0.6 is 0 Å². The Morgan fingerprint density at radius 2 is 1.19 bits per heavy atom. The first-order valence-corrected chi connectivity index (χ1v) is 13.4. The first-order chi connectivity index (χ1) is 14.5. The van der Waals surface area contributed by atoms with Gasteiger partial charge in [0, 0.05) is 5.39 Å². The van der Waals surface area contributed by atoms with Crippen LogP contribution in [0.15, 0.2) is 35.2 Å². The van der Waals surface area contributed by atoms with Gasteiger partial charge in [-0.2, -0.15) is 0 Å². The molecule has 0 aliphatic rings. The summed E-state index contributed by atoms with van der Waals surface area (Å²) >= 11 is 0. The van der Waals surface area contributed by atoms with Gasteiger partial charge in [0.15, 0.2) is 0 Å². The molecule has 0 fully saturated rings. The van der Waals surface area contributed by atoms with E-state index in [0.717, 1.165) is 48.6 Å². The minimum atomic E-state index is -4.50. The molecule has 0 atom stereocenters. The topological polar surface area (TPSA) is 57.2 Å². The van der Waals surface area contributed by atoms with E-state index in [0.29, 0.717) is 5.39 Å². The Labute approximate surface area is 212 Å². The number of hydrogen-bond donors (Lipinski definition) is 0. The van der Waals surface area contributed by atoms with Crippen molar-refractivity contribution in [3.63, 3.8) is 0 Å². The Balaban J connectivity index is 0.00000480. The molecule has 0 spiro atoms. The summed E-state index contributed by atoms with van der Waals surface area (Å²) in [5.41, 5.74) is 2.17. The van der Waals surface area contributed by atoms with Crippen LogP contribution in [0.2, 0.25) is 0 Å². The third-order valence-electron chi connectivity index (χ3n) is 6.05. The predicted molar refractivity (Wildman–Crippen MR) is 126 cm³/mol. The standard InChI is InChI=1S/C26H40O3S.Na/c1-3-5-7-9-11-13-16-22-20-21-25(30(27,28)29)26-23(18-15-19-24(22)26)17-14-12-10-8-6-4-2;/h15,18-21H,3-14,16-17H2,1-2H3,(H,27,28,29);/q;+1/p-1. The molecule has 3 nitrogen and oxygen atoms in total. The summed E-state index contributed by atoms with van der Waals surface area (Å²) in [6, 6.07) is 9.40. The van der Waals surface area contributed by atoms with Gasteiger partial charge in [0.05, 0.1) is 4.90 Å². The van der Waals surface area contributed by atoms with Crippen LogP contribution in [0.5, 0.6) is 0 Å². The summed E-state index contributed by atoms with van der Waals surface area (Å²) in [6.07, 6.45) is 16.3. The van der Waals surface area contributed by atoms with Gasteiger partial charge in [-0.05, 0) is 48.3 Å². The average molecular weight is 455 g/mol. The van der Waals surface area contributed by atoms with E-state index in [1.807, 2.05) is 24.3 Å². The van der Waals surface area contributed by atoms with Gasteiger partial charge in [-0.3, -0.25) is 0 Å². The Hall–Kier alpha value is -0.390. The van der Waals surface area contributed by atoms with Gasteiger partial charge in [-0.1, -0.05) is 102 Å². The quantitative estimate of drug-likeness (QED) is 0.225. The second-order valence-corrected chi connectivity index (χ2v) is 9.90. The van der Waals surface area contributed by atoms with Crippen LogP contribution in [-0.4, -0.2) is 13.0 Å². The van der Waals surface area contributed by atoms with Crippen molar-refractivity contribution >= 4 is 20.9 Å². The fraction of sp³-hybridized carbons (Fsp3) is 0.615. The Morgan fingerprint density at radius 1 is 0.677 bits per heavy atom. The summed E-state index contributed by atoms with van der Waals surface area (Å²) in [5.74, 6) is 0. The van der Waals surface area contributed by atoms with Crippen LogP contribution in [0.1, 0.15) is 102 Å². The van der Waals surface area contributed by atoms with E-state index in [-0.39, 0.29) is 34.5 Å². The number of unbranched alkanes of at least 4 members (excludes halogenated alkanes) is 10. The van der Waals surface area contributed by atoms with Crippen molar-refractivity contribution in [2.24, 2.45) is 0 Å². The maximum Gasteiger partial charge on any atom is 1.00 e. The van der Waals surface area contributed by atoms with Gasteiger partial charge in [-0.15, -0.1) is 0 Å². The van der Waals surface area contributed by atoms with Gasteiger partial charge < -0.3 is 4.55 Å². The Morgan fingerprint density at radius 3 is 1.74 bits per heavy atom. The molecule has 0 N–H and O–H groups in total. The summed E-state index contributed by atoms with van der Waals surface area (Å²) in [6.45, 7) is 4.43. The Bertz CT molecular complexity index is 878. The zero-order chi connectivity index (χ0) is 21.8. The maximum atomic E-state index is 12.0. The number of benzene rings is 2. The molecule has 2 aromatic carbocycles. The van der Waals surface area contributed by atoms with Crippen LogP contribution in [0.4, 0.5) is 0 Å². The fourth-order valence-electron chi connectivity index (χ4n) is 4.33. The Kier molecular flexibility index (Phi) is 14.3. The molecule has 0 aromatic heterocycles. The first-order valence-electron chi connectivity index (χ1n) is 12.0. The molecule has 0 radical (unpaired) electrons. The second kappa shape index (κ2) is 15.4. The van der Waals surface area contributed by atoms with Crippen molar-refractivity contribution in [2.75, 3.05) is 0 Å². The van der Waals surface area contributed by atoms with Crippen molar-refractivity contribution in [1.29, 1.82) is 0 Å². The van der Waals surface area contributed by atoms with E-state index in [9.17, 15) is 13.0 Å². The fourth-order valence-corrected chi connectivity index (χ4v) is 5.06.